The van der Waals surface area contributed by atoms with E-state index >= 15 is 0 Å². The highest BCUT2D eigenvalue weighted by molar-refractivity contribution is 6.05. The number of oxime groups is 1. The van der Waals surface area contributed by atoms with Crippen LogP contribution in [0.1, 0.15) is 39.5 Å². The second-order valence-corrected chi connectivity index (χ2v) is 3.95. The van der Waals surface area contributed by atoms with Crippen molar-refractivity contribution in [2.75, 3.05) is 0 Å². The molecular weight excluding hydrogens is 166 g/mol. The van der Waals surface area contributed by atoms with Gasteiger partial charge in [0.05, 0.1) is 11.6 Å². The Hall–Kier alpha value is -0.860. The zero-order chi connectivity index (χ0) is 9.84. The number of nitrogens with zero attached hydrogens (tertiary/aromatic N) is 1. The Balaban J connectivity index is 2.70. The van der Waals surface area contributed by atoms with Crippen molar-refractivity contribution in [1.29, 1.82) is 0 Å². The van der Waals surface area contributed by atoms with E-state index in [2.05, 4.69) is 5.16 Å². The Bertz CT molecular complexity index is 221. The monoisotopic (exact) mass is 183 g/mol. The molecular formula is C10H17NO2. The lowest BCUT2D eigenvalue weighted by molar-refractivity contribution is -0.124. The van der Waals surface area contributed by atoms with Gasteiger partial charge in [0, 0.05) is 5.92 Å². The Morgan fingerprint density at radius 1 is 1.54 bits per heavy atom. The Labute approximate surface area is 78.8 Å². The predicted octanol–water partition coefficient (Wildman–Crippen LogP) is 2.23. The second kappa shape index (κ2) is 4.40. The SMILES string of the molecule is CC(C)C(=O)C1CCCC/C1=N/O. The summed E-state index contributed by atoms with van der Waals surface area (Å²) in [5.41, 5.74) is 0.685. The quantitative estimate of drug-likeness (QED) is 0.527. The number of hydrogen-bond donors (Lipinski definition) is 1. The molecule has 0 aromatic carbocycles. The molecule has 1 aliphatic carbocycles. The molecule has 0 aliphatic heterocycles. The zero-order valence-electron chi connectivity index (χ0n) is 8.29. The summed E-state index contributed by atoms with van der Waals surface area (Å²) >= 11 is 0. The maximum absolute atomic E-state index is 11.7. The summed E-state index contributed by atoms with van der Waals surface area (Å²) in [6, 6.07) is 0. The molecule has 13 heavy (non-hydrogen) atoms. The van der Waals surface area contributed by atoms with E-state index in [1.54, 1.807) is 0 Å². The van der Waals surface area contributed by atoms with Gasteiger partial charge in [0.15, 0.2) is 0 Å². The van der Waals surface area contributed by atoms with Crippen molar-refractivity contribution >= 4 is 11.5 Å². The smallest absolute Gasteiger partial charge is 0.144 e. The highest BCUT2D eigenvalue weighted by Gasteiger charge is 2.28. The molecule has 1 atom stereocenters. The molecule has 0 spiro atoms. The van der Waals surface area contributed by atoms with E-state index in [1.807, 2.05) is 13.8 Å². The fourth-order valence-corrected chi connectivity index (χ4v) is 1.82. The number of hydrogen-bond acceptors (Lipinski definition) is 3. The molecule has 0 amide bonds. The molecule has 0 aromatic rings. The summed E-state index contributed by atoms with van der Waals surface area (Å²) in [4.78, 5) is 11.7. The van der Waals surface area contributed by atoms with Crippen molar-refractivity contribution in [2.24, 2.45) is 17.0 Å². The average Bonchev–Trinajstić information content (AvgIpc) is 2.16. The van der Waals surface area contributed by atoms with Crippen LogP contribution in [0.25, 0.3) is 0 Å². The molecule has 1 saturated carbocycles. The van der Waals surface area contributed by atoms with Crippen molar-refractivity contribution in [1.82, 2.24) is 0 Å². The lowest BCUT2D eigenvalue weighted by Crippen LogP contribution is -2.30. The molecule has 1 N–H and O–H groups in total. The first-order chi connectivity index (χ1) is 6.16. The first-order valence-corrected chi connectivity index (χ1v) is 4.91. The van der Waals surface area contributed by atoms with Gasteiger partial charge in [0.1, 0.15) is 5.78 Å². The van der Waals surface area contributed by atoms with Crippen molar-refractivity contribution in [3.63, 3.8) is 0 Å². The largest absolute Gasteiger partial charge is 0.411 e. The number of carbonyl (C=O) groups is 1. The van der Waals surface area contributed by atoms with Crippen LogP contribution < -0.4 is 0 Å². The predicted molar refractivity (Wildman–Crippen MR) is 51.0 cm³/mol. The van der Waals surface area contributed by atoms with Crippen LogP contribution in [-0.2, 0) is 4.79 Å². The molecule has 3 heteroatoms. The van der Waals surface area contributed by atoms with Crippen molar-refractivity contribution in [2.45, 2.75) is 39.5 Å². The van der Waals surface area contributed by atoms with Gasteiger partial charge in [-0.15, -0.1) is 0 Å². The minimum atomic E-state index is -0.112. The Morgan fingerprint density at radius 2 is 2.23 bits per heavy atom. The molecule has 0 saturated heterocycles. The number of rotatable bonds is 2. The van der Waals surface area contributed by atoms with E-state index in [1.165, 1.54) is 0 Å². The molecule has 3 nitrogen and oxygen atoms in total. The van der Waals surface area contributed by atoms with E-state index in [4.69, 9.17) is 5.21 Å². The van der Waals surface area contributed by atoms with Crippen LogP contribution in [0.15, 0.2) is 5.16 Å². The van der Waals surface area contributed by atoms with Crippen molar-refractivity contribution in [3.05, 3.63) is 0 Å². The highest BCUT2D eigenvalue weighted by atomic mass is 16.4. The minimum absolute atomic E-state index is 0.0415. The number of carbonyl (C=O) groups excluding carboxylic acids is 1. The maximum Gasteiger partial charge on any atom is 0.144 e. The minimum Gasteiger partial charge on any atom is -0.411 e. The maximum atomic E-state index is 11.7. The van der Waals surface area contributed by atoms with E-state index in [-0.39, 0.29) is 17.6 Å². The molecule has 1 unspecified atom stereocenters. The van der Waals surface area contributed by atoms with Gasteiger partial charge >= 0.3 is 0 Å². The van der Waals surface area contributed by atoms with Crippen LogP contribution in [0.4, 0.5) is 0 Å². The third-order valence-corrected chi connectivity index (χ3v) is 2.62. The van der Waals surface area contributed by atoms with Gasteiger partial charge in [-0.25, -0.2) is 0 Å². The van der Waals surface area contributed by atoms with Gasteiger partial charge in [0.25, 0.3) is 0 Å². The molecule has 0 radical (unpaired) electrons. The van der Waals surface area contributed by atoms with E-state index in [0.29, 0.717) is 5.71 Å². The molecule has 1 fully saturated rings. The van der Waals surface area contributed by atoms with Crippen LogP contribution in [0.5, 0.6) is 0 Å². The van der Waals surface area contributed by atoms with Crippen molar-refractivity contribution in [3.8, 4) is 0 Å². The number of ketones is 1. The van der Waals surface area contributed by atoms with Crippen LogP contribution >= 0.6 is 0 Å². The fraction of sp³-hybridized carbons (Fsp3) is 0.800. The standard InChI is InChI=1S/C10H17NO2/c1-7(2)10(12)8-5-3-4-6-9(8)11-13/h7-8,13H,3-6H2,1-2H3/b11-9-. The third-order valence-electron chi connectivity index (χ3n) is 2.62. The van der Waals surface area contributed by atoms with E-state index in [0.717, 1.165) is 25.7 Å². The topological polar surface area (TPSA) is 49.7 Å². The first-order valence-electron chi connectivity index (χ1n) is 4.91. The number of Topliss-reactive ketones (excluding diaryl/α,β-unsaturated/α-hetero) is 1. The van der Waals surface area contributed by atoms with Gasteiger partial charge in [-0.05, 0) is 19.3 Å². The summed E-state index contributed by atoms with van der Waals surface area (Å²) in [5, 5.41) is 12.0. The summed E-state index contributed by atoms with van der Waals surface area (Å²) in [6.45, 7) is 3.79. The van der Waals surface area contributed by atoms with Gasteiger partial charge in [-0.1, -0.05) is 25.4 Å². The van der Waals surface area contributed by atoms with Crippen LogP contribution in [0.2, 0.25) is 0 Å². The fourth-order valence-electron chi connectivity index (χ4n) is 1.82. The van der Waals surface area contributed by atoms with E-state index < -0.39 is 0 Å². The highest BCUT2D eigenvalue weighted by Crippen LogP contribution is 2.24. The molecule has 1 aliphatic rings. The summed E-state index contributed by atoms with van der Waals surface area (Å²) < 4.78 is 0. The Morgan fingerprint density at radius 3 is 2.77 bits per heavy atom. The summed E-state index contributed by atoms with van der Waals surface area (Å²) in [5.74, 6) is 0.145. The van der Waals surface area contributed by atoms with Gasteiger partial charge < -0.3 is 5.21 Å². The zero-order valence-corrected chi connectivity index (χ0v) is 8.29. The van der Waals surface area contributed by atoms with Crippen LogP contribution in [0.3, 0.4) is 0 Å². The van der Waals surface area contributed by atoms with E-state index in [9.17, 15) is 4.79 Å². The lowest BCUT2D eigenvalue weighted by atomic mass is 9.81. The van der Waals surface area contributed by atoms with Gasteiger partial charge in [-0.2, -0.15) is 0 Å². The normalized spacial score (nSPS) is 26.7. The Kier molecular flexibility index (Phi) is 3.46. The lowest BCUT2D eigenvalue weighted by Gasteiger charge is -2.23. The molecule has 0 heterocycles. The van der Waals surface area contributed by atoms with Crippen molar-refractivity contribution < 1.29 is 10.0 Å². The average molecular weight is 183 g/mol. The second-order valence-electron chi connectivity index (χ2n) is 3.95. The molecule has 1 rings (SSSR count). The summed E-state index contributed by atoms with van der Waals surface area (Å²) in [7, 11) is 0. The first kappa shape index (κ1) is 10.2. The third kappa shape index (κ3) is 2.29. The summed E-state index contributed by atoms with van der Waals surface area (Å²) in [6.07, 6.45) is 3.75. The van der Waals surface area contributed by atoms with Crippen LogP contribution in [0, 0.1) is 11.8 Å². The van der Waals surface area contributed by atoms with Gasteiger partial charge in [-0.3, -0.25) is 4.79 Å². The molecule has 74 valence electrons. The van der Waals surface area contributed by atoms with Gasteiger partial charge in [0.2, 0.25) is 0 Å². The van der Waals surface area contributed by atoms with Crippen LogP contribution in [-0.4, -0.2) is 16.7 Å². The molecule has 0 bridgehead atoms. The molecule has 0 aromatic heterocycles.